The third-order valence-electron chi connectivity index (χ3n) is 1.18. The van der Waals surface area contributed by atoms with E-state index in [2.05, 4.69) is 11.6 Å². The Bertz CT molecular complexity index is 180. The summed E-state index contributed by atoms with van der Waals surface area (Å²) in [4.78, 5) is 3.90. The minimum atomic E-state index is 0.748. The second-order valence-corrected chi connectivity index (χ2v) is 2.35. The number of aromatic nitrogens is 2. The SMILES string of the molecule is C=CC.NCCCn1ccnc1. The van der Waals surface area contributed by atoms with Crippen molar-refractivity contribution in [1.29, 1.82) is 0 Å². The molecule has 3 nitrogen and oxygen atoms in total. The van der Waals surface area contributed by atoms with Gasteiger partial charge in [0.1, 0.15) is 0 Å². The number of rotatable bonds is 3. The van der Waals surface area contributed by atoms with Crippen molar-refractivity contribution in [2.45, 2.75) is 19.9 Å². The van der Waals surface area contributed by atoms with Crippen LogP contribution in [-0.4, -0.2) is 16.1 Å². The molecule has 0 unspecified atom stereocenters. The molecule has 3 heteroatoms. The van der Waals surface area contributed by atoms with E-state index in [9.17, 15) is 0 Å². The van der Waals surface area contributed by atoms with Gasteiger partial charge in [-0.05, 0) is 19.9 Å². The number of imidazole rings is 1. The summed E-state index contributed by atoms with van der Waals surface area (Å²) in [5, 5.41) is 0. The lowest BCUT2D eigenvalue weighted by Gasteiger charge is -1.96. The Morgan fingerprint density at radius 3 is 2.75 bits per heavy atom. The van der Waals surface area contributed by atoms with Crippen LogP contribution < -0.4 is 5.73 Å². The van der Waals surface area contributed by atoms with Crippen LogP contribution >= 0.6 is 0 Å². The minimum absolute atomic E-state index is 0.748. The normalized spacial score (nSPS) is 8.50. The van der Waals surface area contributed by atoms with E-state index in [0.717, 1.165) is 19.5 Å². The minimum Gasteiger partial charge on any atom is -0.337 e. The summed E-state index contributed by atoms with van der Waals surface area (Å²) in [6.45, 7) is 6.98. The zero-order valence-corrected chi connectivity index (χ0v) is 7.61. The van der Waals surface area contributed by atoms with Gasteiger partial charge in [0.15, 0.2) is 0 Å². The lowest BCUT2D eigenvalue weighted by molar-refractivity contribution is 0.650. The zero-order chi connectivity index (χ0) is 9.23. The molecule has 0 atom stereocenters. The van der Waals surface area contributed by atoms with Gasteiger partial charge in [0, 0.05) is 18.9 Å². The van der Waals surface area contributed by atoms with Gasteiger partial charge in [-0.15, -0.1) is 6.58 Å². The Hall–Kier alpha value is -1.09. The Labute approximate surface area is 73.9 Å². The van der Waals surface area contributed by atoms with Crippen LogP contribution in [0.3, 0.4) is 0 Å². The first kappa shape index (κ1) is 10.9. The summed E-state index contributed by atoms with van der Waals surface area (Å²) in [5.74, 6) is 0. The molecule has 0 aliphatic rings. The molecule has 1 rings (SSSR count). The number of aryl methyl sites for hydroxylation is 1. The fraction of sp³-hybridized carbons (Fsp3) is 0.444. The largest absolute Gasteiger partial charge is 0.337 e. The first-order chi connectivity index (χ1) is 5.85. The molecule has 0 amide bonds. The maximum absolute atomic E-state index is 5.31. The molecule has 0 fully saturated rings. The van der Waals surface area contributed by atoms with Crippen molar-refractivity contribution < 1.29 is 0 Å². The van der Waals surface area contributed by atoms with Gasteiger partial charge in [-0.3, -0.25) is 0 Å². The topological polar surface area (TPSA) is 43.8 Å². The average molecular weight is 167 g/mol. The van der Waals surface area contributed by atoms with Gasteiger partial charge < -0.3 is 10.3 Å². The molecule has 0 spiro atoms. The molecule has 0 radical (unpaired) electrons. The van der Waals surface area contributed by atoms with E-state index < -0.39 is 0 Å². The molecule has 1 heterocycles. The summed E-state index contributed by atoms with van der Waals surface area (Å²) < 4.78 is 2.02. The Kier molecular flexibility index (Phi) is 7.28. The van der Waals surface area contributed by atoms with Crippen molar-refractivity contribution >= 4 is 0 Å². The summed E-state index contributed by atoms with van der Waals surface area (Å²) >= 11 is 0. The molecule has 0 bridgehead atoms. The van der Waals surface area contributed by atoms with E-state index in [1.807, 2.05) is 17.7 Å². The molecular weight excluding hydrogens is 150 g/mol. The highest BCUT2D eigenvalue weighted by atomic mass is 15.0. The Morgan fingerprint density at radius 2 is 2.33 bits per heavy atom. The first-order valence-corrected chi connectivity index (χ1v) is 4.08. The second kappa shape index (κ2) is 8.01. The molecule has 0 saturated heterocycles. The summed E-state index contributed by atoms with van der Waals surface area (Å²) in [6, 6.07) is 0. The summed E-state index contributed by atoms with van der Waals surface area (Å²) in [7, 11) is 0. The third-order valence-corrected chi connectivity index (χ3v) is 1.18. The van der Waals surface area contributed by atoms with E-state index in [1.165, 1.54) is 0 Å². The Morgan fingerprint density at radius 1 is 1.67 bits per heavy atom. The lowest BCUT2D eigenvalue weighted by Crippen LogP contribution is -2.03. The van der Waals surface area contributed by atoms with E-state index in [0.29, 0.717) is 0 Å². The van der Waals surface area contributed by atoms with Gasteiger partial charge in [-0.2, -0.15) is 0 Å². The molecule has 68 valence electrons. The fourth-order valence-corrected chi connectivity index (χ4v) is 0.693. The van der Waals surface area contributed by atoms with Gasteiger partial charge in [-0.1, -0.05) is 6.08 Å². The van der Waals surface area contributed by atoms with Crippen LogP contribution in [0.25, 0.3) is 0 Å². The predicted molar refractivity (Wildman–Crippen MR) is 51.8 cm³/mol. The van der Waals surface area contributed by atoms with Crippen molar-refractivity contribution in [2.75, 3.05) is 6.54 Å². The third kappa shape index (κ3) is 5.68. The van der Waals surface area contributed by atoms with E-state index >= 15 is 0 Å². The van der Waals surface area contributed by atoms with Crippen LogP contribution in [-0.2, 0) is 6.54 Å². The highest BCUT2D eigenvalue weighted by Gasteiger charge is 1.85. The Balaban J connectivity index is 0.000000354. The standard InChI is InChI=1S/C6H11N3.C3H6/c7-2-1-4-9-5-3-8-6-9;1-3-2/h3,5-6H,1-2,4,7H2;3H,1H2,2H3. The van der Waals surface area contributed by atoms with Crippen LogP contribution in [0.5, 0.6) is 0 Å². The maximum Gasteiger partial charge on any atom is 0.0945 e. The predicted octanol–water partition coefficient (Wildman–Crippen LogP) is 1.42. The molecule has 2 N–H and O–H groups in total. The monoisotopic (exact) mass is 167 g/mol. The van der Waals surface area contributed by atoms with E-state index in [1.54, 1.807) is 18.6 Å². The molecule has 0 aromatic carbocycles. The molecule has 0 saturated carbocycles. The van der Waals surface area contributed by atoms with Gasteiger partial charge in [0.25, 0.3) is 0 Å². The van der Waals surface area contributed by atoms with Gasteiger partial charge in [-0.25, -0.2) is 4.98 Å². The number of hydrogen-bond donors (Lipinski definition) is 1. The van der Waals surface area contributed by atoms with Crippen LogP contribution in [0.1, 0.15) is 13.3 Å². The smallest absolute Gasteiger partial charge is 0.0945 e. The quantitative estimate of drug-likeness (QED) is 0.692. The number of allylic oxidation sites excluding steroid dienone is 1. The summed E-state index contributed by atoms with van der Waals surface area (Å²) in [5.41, 5.74) is 5.31. The first-order valence-electron chi connectivity index (χ1n) is 4.08. The van der Waals surface area contributed by atoms with Gasteiger partial charge in [0.2, 0.25) is 0 Å². The van der Waals surface area contributed by atoms with Gasteiger partial charge in [0.05, 0.1) is 6.33 Å². The molecule has 1 aromatic rings. The summed E-state index contributed by atoms with van der Waals surface area (Å²) in [6.07, 6.45) is 8.29. The van der Waals surface area contributed by atoms with Crippen LogP contribution in [0.2, 0.25) is 0 Å². The molecule has 0 aliphatic heterocycles. The van der Waals surface area contributed by atoms with Gasteiger partial charge >= 0.3 is 0 Å². The molecule has 1 aromatic heterocycles. The van der Waals surface area contributed by atoms with E-state index in [4.69, 9.17) is 5.73 Å². The second-order valence-electron chi connectivity index (χ2n) is 2.35. The van der Waals surface area contributed by atoms with Crippen molar-refractivity contribution in [1.82, 2.24) is 9.55 Å². The van der Waals surface area contributed by atoms with Crippen molar-refractivity contribution in [2.24, 2.45) is 5.73 Å². The van der Waals surface area contributed by atoms with Crippen LogP contribution in [0.15, 0.2) is 31.4 Å². The lowest BCUT2D eigenvalue weighted by atomic mass is 10.4. The molecule has 12 heavy (non-hydrogen) atoms. The highest BCUT2D eigenvalue weighted by Crippen LogP contribution is 1.87. The zero-order valence-electron chi connectivity index (χ0n) is 7.61. The molecule has 0 aliphatic carbocycles. The maximum atomic E-state index is 5.31. The fourth-order valence-electron chi connectivity index (χ4n) is 0.693. The molecular formula is C9H17N3. The number of nitrogens with two attached hydrogens (primary N) is 1. The number of hydrogen-bond acceptors (Lipinski definition) is 2. The average Bonchev–Trinajstić information content (AvgIpc) is 2.54. The van der Waals surface area contributed by atoms with Crippen molar-refractivity contribution in [3.05, 3.63) is 31.4 Å². The van der Waals surface area contributed by atoms with Crippen LogP contribution in [0.4, 0.5) is 0 Å². The van der Waals surface area contributed by atoms with Crippen molar-refractivity contribution in [3.8, 4) is 0 Å². The van der Waals surface area contributed by atoms with Crippen LogP contribution in [0, 0.1) is 0 Å². The highest BCUT2D eigenvalue weighted by molar-refractivity contribution is 4.73. The van der Waals surface area contributed by atoms with E-state index in [-0.39, 0.29) is 0 Å². The van der Waals surface area contributed by atoms with Crippen molar-refractivity contribution in [3.63, 3.8) is 0 Å². The number of nitrogens with zero attached hydrogens (tertiary/aromatic N) is 2.